The summed E-state index contributed by atoms with van der Waals surface area (Å²) in [5.74, 6) is -1.25. The summed E-state index contributed by atoms with van der Waals surface area (Å²) >= 11 is 0. The molecule has 5 N–H and O–H groups in total. The van der Waals surface area contributed by atoms with Gasteiger partial charge in [-0.15, -0.1) is 0 Å². The lowest BCUT2D eigenvalue weighted by Crippen LogP contribution is -2.25. The number of nitrogens with zero attached hydrogens (tertiary/aromatic N) is 2. The molecule has 1 unspecified atom stereocenters. The number of aromatic nitrogens is 2. The van der Waals surface area contributed by atoms with Gasteiger partial charge in [0.25, 0.3) is 5.91 Å². The number of aliphatic hydroxyl groups excluding tert-OH is 1. The third kappa shape index (κ3) is 6.12. The van der Waals surface area contributed by atoms with Crippen molar-refractivity contribution in [2.75, 3.05) is 18.5 Å². The lowest BCUT2D eigenvalue weighted by Gasteiger charge is -2.21. The SMILES string of the molecule is NCc1cccc(-n2nc(C(=O)CO)cc2C(=O)Nc2cc(C(NCC3CC3)c3ccccc3)ccc2F)c1. The largest absolute Gasteiger partial charge is 0.388 e. The molecule has 1 saturated carbocycles. The number of hydrogen-bond donors (Lipinski definition) is 4. The number of nitrogens with one attached hydrogen (secondary N) is 2. The van der Waals surface area contributed by atoms with Crippen molar-refractivity contribution >= 4 is 17.4 Å². The van der Waals surface area contributed by atoms with Crippen LogP contribution in [0, 0.1) is 11.7 Å². The number of benzene rings is 3. The van der Waals surface area contributed by atoms with Crippen molar-refractivity contribution in [1.29, 1.82) is 0 Å². The van der Waals surface area contributed by atoms with E-state index in [2.05, 4.69) is 15.7 Å². The van der Waals surface area contributed by atoms with Crippen molar-refractivity contribution in [1.82, 2.24) is 15.1 Å². The molecular weight excluding hydrogens is 497 g/mol. The smallest absolute Gasteiger partial charge is 0.274 e. The predicted octanol–water partition coefficient (Wildman–Crippen LogP) is 3.99. The molecule has 3 aromatic carbocycles. The lowest BCUT2D eigenvalue weighted by molar-refractivity contribution is 0.0898. The molecule has 1 aliphatic rings. The number of carbonyl (C=O) groups excluding carboxylic acids is 2. The highest BCUT2D eigenvalue weighted by Gasteiger charge is 2.25. The van der Waals surface area contributed by atoms with Crippen LogP contribution in [0.4, 0.5) is 10.1 Å². The molecule has 1 amide bonds. The third-order valence-electron chi connectivity index (χ3n) is 6.77. The highest BCUT2D eigenvalue weighted by Crippen LogP contribution is 2.31. The molecule has 8 nitrogen and oxygen atoms in total. The Morgan fingerprint density at radius 1 is 1.03 bits per heavy atom. The van der Waals surface area contributed by atoms with Gasteiger partial charge in [0.05, 0.1) is 17.4 Å². The summed E-state index contributed by atoms with van der Waals surface area (Å²) in [5.41, 5.74) is 8.84. The van der Waals surface area contributed by atoms with Gasteiger partial charge in [-0.25, -0.2) is 9.07 Å². The second kappa shape index (κ2) is 11.7. The second-order valence-electron chi connectivity index (χ2n) is 9.67. The molecule has 0 spiro atoms. The van der Waals surface area contributed by atoms with Crippen LogP contribution in [-0.4, -0.2) is 39.7 Å². The van der Waals surface area contributed by atoms with E-state index < -0.39 is 24.1 Å². The molecule has 0 radical (unpaired) electrons. The maximum atomic E-state index is 15.0. The standard InChI is InChI=1S/C30H30FN5O3/c31-24-12-11-22(29(33-17-19-9-10-19)21-6-2-1-3-7-21)14-25(24)34-30(39)27-15-26(28(38)18-37)35-36(27)23-8-4-5-20(13-23)16-32/h1-8,11-15,19,29,33,37H,9-10,16-18,32H2,(H,34,39). The molecule has 200 valence electrons. The van der Waals surface area contributed by atoms with E-state index >= 15 is 0 Å². The Morgan fingerprint density at radius 3 is 2.54 bits per heavy atom. The molecule has 1 fully saturated rings. The molecule has 0 aliphatic heterocycles. The van der Waals surface area contributed by atoms with Crippen molar-refractivity contribution in [2.24, 2.45) is 11.7 Å². The van der Waals surface area contributed by atoms with Crippen LogP contribution in [0.5, 0.6) is 0 Å². The van der Waals surface area contributed by atoms with E-state index in [1.54, 1.807) is 30.3 Å². The fraction of sp³-hybridized carbons (Fsp3) is 0.233. The van der Waals surface area contributed by atoms with Crippen LogP contribution >= 0.6 is 0 Å². The van der Waals surface area contributed by atoms with Gasteiger partial charge in [0.1, 0.15) is 23.8 Å². The van der Waals surface area contributed by atoms with E-state index in [0.29, 0.717) is 11.6 Å². The fourth-order valence-electron chi connectivity index (χ4n) is 4.46. The lowest BCUT2D eigenvalue weighted by atomic mass is 9.97. The van der Waals surface area contributed by atoms with Crippen molar-refractivity contribution in [2.45, 2.75) is 25.4 Å². The zero-order valence-corrected chi connectivity index (χ0v) is 21.3. The predicted molar refractivity (Wildman–Crippen MR) is 146 cm³/mol. The number of rotatable bonds is 11. The quantitative estimate of drug-likeness (QED) is 0.219. The van der Waals surface area contributed by atoms with Crippen molar-refractivity contribution in [3.05, 3.63) is 113 Å². The number of amides is 1. The number of Topliss-reactive ketones (excluding diaryl/α,β-unsaturated/α-hetero) is 1. The average Bonchev–Trinajstić information content (AvgIpc) is 3.69. The number of hydrogen-bond acceptors (Lipinski definition) is 6. The monoisotopic (exact) mass is 527 g/mol. The molecule has 0 bridgehead atoms. The molecule has 39 heavy (non-hydrogen) atoms. The number of halogens is 1. The summed E-state index contributed by atoms with van der Waals surface area (Å²) in [7, 11) is 0. The highest BCUT2D eigenvalue weighted by atomic mass is 19.1. The zero-order chi connectivity index (χ0) is 27.4. The Labute approximate surface area is 225 Å². The third-order valence-corrected chi connectivity index (χ3v) is 6.77. The van der Waals surface area contributed by atoms with Gasteiger partial charge >= 0.3 is 0 Å². The van der Waals surface area contributed by atoms with E-state index in [4.69, 9.17) is 5.73 Å². The van der Waals surface area contributed by atoms with Gasteiger partial charge in [-0.2, -0.15) is 5.10 Å². The minimum absolute atomic E-state index is 0.00477. The number of aliphatic hydroxyl groups is 1. The van der Waals surface area contributed by atoms with Crippen molar-refractivity contribution < 1.29 is 19.1 Å². The van der Waals surface area contributed by atoms with E-state index in [0.717, 1.165) is 23.2 Å². The average molecular weight is 528 g/mol. The minimum Gasteiger partial charge on any atom is -0.388 e. The van der Waals surface area contributed by atoms with E-state index in [1.807, 2.05) is 36.4 Å². The first-order chi connectivity index (χ1) is 19.0. The molecule has 4 aromatic rings. The molecule has 1 aliphatic carbocycles. The highest BCUT2D eigenvalue weighted by molar-refractivity contribution is 6.05. The van der Waals surface area contributed by atoms with Gasteiger partial charge < -0.3 is 21.5 Å². The Hall–Kier alpha value is -4.18. The Bertz CT molecular complexity index is 1480. The maximum absolute atomic E-state index is 15.0. The molecule has 1 atom stereocenters. The molecule has 1 heterocycles. The summed E-state index contributed by atoms with van der Waals surface area (Å²) < 4.78 is 16.3. The normalized spacial score (nSPS) is 13.7. The van der Waals surface area contributed by atoms with Crippen LogP contribution in [0.1, 0.15) is 56.6 Å². The number of nitrogens with two attached hydrogens (primary N) is 1. The van der Waals surface area contributed by atoms with Gasteiger partial charge in [0, 0.05) is 12.6 Å². The first kappa shape index (κ1) is 26.4. The van der Waals surface area contributed by atoms with E-state index in [-0.39, 0.29) is 29.7 Å². The number of anilines is 1. The Morgan fingerprint density at radius 2 is 1.82 bits per heavy atom. The van der Waals surface area contributed by atoms with Crippen LogP contribution in [-0.2, 0) is 6.54 Å². The maximum Gasteiger partial charge on any atom is 0.274 e. The van der Waals surface area contributed by atoms with Crippen LogP contribution < -0.4 is 16.4 Å². The molecular formula is C30H30FN5O3. The first-order valence-corrected chi connectivity index (χ1v) is 12.9. The van der Waals surface area contributed by atoms with Gasteiger partial charge in [0.15, 0.2) is 0 Å². The van der Waals surface area contributed by atoms with Gasteiger partial charge in [0.2, 0.25) is 5.78 Å². The van der Waals surface area contributed by atoms with Gasteiger partial charge in [-0.3, -0.25) is 9.59 Å². The van der Waals surface area contributed by atoms with E-state index in [9.17, 15) is 19.1 Å². The summed E-state index contributed by atoms with van der Waals surface area (Å²) in [6.07, 6.45) is 2.39. The van der Waals surface area contributed by atoms with Crippen LogP contribution in [0.15, 0.2) is 78.9 Å². The van der Waals surface area contributed by atoms with Crippen molar-refractivity contribution in [3.8, 4) is 5.69 Å². The Balaban J connectivity index is 1.47. The molecule has 9 heteroatoms. The number of carbonyl (C=O) groups is 2. The zero-order valence-electron chi connectivity index (χ0n) is 21.3. The van der Waals surface area contributed by atoms with Crippen LogP contribution in [0.3, 0.4) is 0 Å². The Kier molecular flexibility index (Phi) is 7.92. The summed E-state index contributed by atoms with van der Waals surface area (Å²) in [6, 6.07) is 22.7. The van der Waals surface area contributed by atoms with Gasteiger partial charge in [-0.1, -0.05) is 48.5 Å². The molecule has 1 aromatic heterocycles. The summed E-state index contributed by atoms with van der Waals surface area (Å²) in [6.45, 7) is 0.363. The minimum atomic E-state index is -0.758. The van der Waals surface area contributed by atoms with E-state index in [1.165, 1.54) is 29.7 Å². The topological polar surface area (TPSA) is 122 Å². The number of ketones is 1. The van der Waals surface area contributed by atoms with Gasteiger partial charge in [-0.05, 0) is 66.3 Å². The second-order valence-corrected chi connectivity index (χ2v) is 9.67. The van der Waals surface area contributed by atoms with Crippen LogP contribution in [0.25, 0.3) is 5.69 Å². The summed E-state index contributed by atoms with van der Waals surface area (Å²) in [5, 5.41) is 19.8. The van der Waals surface area contributed by atoms with Crippen LogP contribution in [0.2, 0.25) is 0 Å². The van der Waals surface area contributed by atoms with Crippen molar-refractivity contribution in [3.63, 3.8) is 0 Å². The summed E-state index contributed by atoms with van der Waals surface area (Å²) in [4.78, 5) is 25.7. The molecule has 5 rings (SSSR count). The first-order valence-electron chi connectivity index (χ1n) is 12.9. The fourth-order valence-corrected chi connectivity index (χ4v) is 4.46. The molecule has 0 saturated heterocycles.